The summed E-state index contributed by atoms with van der Waals surface area (Å²) in [6.45, 7) is 3.26. The van der Waals surface area contributed by atoms with Crippen molar-refractivity contribution in [2.75, 3.05) is 20.8 Å². The number of benzene rings is 1. The second-order valence-corrected chi connectivity index (χ2v) is 7.44. The molecular weight excluding hydrogens is 466 g/mol. The molecule has 2 aromatic rings. The number of esters is 4. The maximum Gasteiger partial charge on any atom is 0.377 e. The highest BCUT2D eigenvalue weighted by molar-refractivity contribution is 5.85. The standard InChI is InChI=1S/C22H25N3O10/c1-11(26)32-10-16-17(33-12(2)27)18(34-13(3)28)21(35-16)25-20(23-19(24-25)22(29)31-5)14-7-6-8-15(9-14)30-4/h6-9,16-18,21H,10H2,1-5H3/t16-,17-,18-,21-/m1/s1. The molecule has 1 aromatic carbocycles. The highest BCUT2D eigenvalue weighted by Gasteiger charge is 2.52. The fraction of sp³-hybridized carbons (Fsp3) is 0.455. The van der Waals surface area contributed by atoms with E-state index in [9.17, 15) is 19.2 Å². The SMILES string of the molecule is COC(=O)c1nc(-c2cccc(OC)c2)n([C@@H]2O[C@H](COC(C)=O)[C@@H](OC(C)=O)[C@H]2OC(C)=O)n1. The summed E-state index contributed by atoms with van der Waals surface area (Å²) < 4.78 is 33.1. The van der Waals surface area contributed by atoms with Crippen molar-refractivity contribution in [3.05, 3.63) is 30.1 Å². The van der Waals surface area contributed by atoms with Gasteiger partial charge in [-0.15, -0.1) is 5.10 Å². The van der Waals surface area contributed by atoms with Crippen LogP contribution in [0.3, 0.4) is 0 Å². The summed E-state index contributed by atoms with van der Waals surface area (Å²) in [4.78, 5) is 51.6. The molecule has 0 saturated carbocycles. The van der Waals surface area contributed by atoms with Crippen molar-refractivity contribution in [1.29, 1.82) is 0 Å². The van der Waals surface area contributed by atoms with E-state index in [0.29, 0.717) is 11.3 Å². The molecule has 2 heterocycles. The Labute approximate surface area is 200 Å². The van der Waals surface area contributed by atoms with Gasteiger partial charge in [-0.25, -0.2) is 14.5 Å². The zero-order valence-electron chi connectivity index (χ0n) is 19.8. The molecular formula is C22H25N3O10. The molecule has 4 atom stereocenters. The minimum atomic E-state index is -1.21. The molecule has 0 bridgehead atoms. The van der Waals surface area contributed by atoms with Crippen molar-refractivity contribution in [2.24, 2.45) is 0 Å². The highest BCUT2D eigenvalue weighted by Crippen LogP contribution is 2.37. The van der Waals surface area contributed by atoms with Crippen molar-refractivity contribution < 1.29 is 47.6 Å². The molecule has 188 valence electrons. The van der Waals surface area contributed by atoms with Gasteiger partial charge in [0.15, 0.2) is 24.3 Å². The van der Waals surface area contributed by atoms with Crippen LogP contribution in [-0.4, -0.2) is 77.8 Å². The van der Waals surface area contributed by atoms with Gasteiger partial charge < -0.3 is 28.4 Å². The number of carbonyl (C=O) groups excluding carboxylic acids is 4. The van der Waals surface area contributed by atoms with Crippen molar-refractivity contribution in [3.63, 3.8) is 0 Å². The molecule has 13 heteroatoms. The smallest absolute Gasteiger partial charge is 0.377 e. The van der Waals surface area contributed by atoms with E-state index in [-0.39, 0.29) is 18.3 Å². The predicted octanol–water partition coefficient (Wildman–Crippen LogP) is 1.06. The zero-order valence-corrected chi connectivity index (χ0v) is 19.8. The summed E-state index contributed by atoms with van der Waals surface area (Å²) >= 11 is 0. The second-order valence-electron chi connectivity index (χ2n) is 7.44. The van der Waals surface area contributed by atoms with Crippen molar-refractivity contribution in [3.8, 4) is 17.1 Å². The lowest BCUT2D eigenvalue weighted by atomic mass is 10.1. The normalized spacial score (nSPS) is 21.2. The van der Waals surface area contributed by atoms with Crippen LogP contribution in [0.2, 0.25) is 0 Å². The third-order valence-corrected chi connectivity index (χ3v) is 4.91. The van der Waals surface area contributed by atoms with Gasteiger partial charge >= 0.3 is 23.9 Å². The maximum absolute atomic E-state index is 12.2. The fourth-order valence-corrected chi connectivity index (χ4v) is 3.53. The van der Waals surface area contributed by atoms with Crippen molar-refractivity contribution >= 4 is 23.9 Å². The Hall–Kier alpha value is -4.00. The third-order valence-electron chi connectivity index (χ3n) is 4.91. The number of aromatic nitrogens is 3. The van der Waals surface area contributed by atoms with Crippen LogP contribution in [0.5, 0.6) is 5.75 Å². The molecule has 1 fully saturated rings. The molecule has 0 radical (unpaired) electrons. The van der Waals surface area contributed by atoms with Crippen molar-refractivity contribution in [2.45, 2.75) is 45.3 Å². The van der Waals surface area contributed by atoms with Gasteiger partial charge in [-0.05, 0) is 12.1 Å². The molecule has 1 aliphatic rings. The predicted molar refractivity (Wildman–Crippen MR) is 115 cm³/mol. The fourth-order valence-electron chi connectivity index (χ4n) is 3.53. The average Bonchev–Trinajstić information content (AvgIpc) is 3.39. The average molecular weight is 491 g/mol. The van der Waals surface area contributed by atoms with Gasteiger partial charge in [0.05, 0.1) is 14.2 Å². The molecule has 1 aromatic heterocycles. The first-order valence-electron chi connectivity index (χ1n) is 10.5. The van der Waals surface area contributed by atoms with Crippen LogP contribution in [-0.2, 0) is 38.1 Å². The molecule has 1 aliphatic heterocycles. The van der Waals surface area contributed by atoms with Gasteiger partial charge in [-0.3, -0.25) is 14.4 Å². The molecule has 0 amide bonds. The molecule has 0 aliphatic carbocycles. The van der Waals surface area contributed by atoms with Crippen LogP contribution < -0.4 is 4.74 Å². The van der Waals surface area contributed by atoms with Crippen LogP contribution in [0, 0.1) is 0 Å². The van der Waals surface area contributed by atoms with E-state index >= 15 is 0 Å². The van der Waals surface area contributed by atoms with Gasteiger partial charge in [-0.2, -0.15) is 0 Å². The third kappa shape index (κ3) is 5.93. The molecule has 13 nitrogen and oxygen atoms in total. The molecule has 0 N–H and O–H groups in total. The number of hydrogen-bond donors (Lipinski definition) is 0. The van der Waals surface area contributed by atoms with E-state index in [1.54, 1.807) is 24.3 Å². The number of carbonyl (C=O) groups is 4. The lowest BCUT2D eigenvalue weighted by Gasteiger charge is -2.23. The van der Waals surface area contributed by atoms with E-state index < -0.39 is 48.4 Å². The summed E-state index contributed by atoms with van der Waals surface area (Å²) in [7, 11) is 2.66. The topological polar surface area (TPSA) is 154 Å². The van der Waals surface area contributed by atoms with E-state index in [4.69, 9.17) is 28.4 Å². The molecule has 0 unspecified atom stereocenters. The van der Waals surface area contributed by atoms with Gasteiger partial charge in [0.2, 0.25) is 0 Å². The second kappa shape index (κ2) is 11.0. The van der Waals surface area contributed by atoms with E-state index in [0.717, 1.165) is 0 Å². The van der Waals surface area contributed by atoms with E-state index in [1.807, 2.05) is 0 Å². The Morgan fingerprint density at radius 1 is 1.00 bits per heavy atom. The molecule has 35 heavy (non-hydrogen) atoms. The molecule has 0 spiro atoms. The minimum absolute atomic E-state index is 0.154. The van der Waals surface area contributed by atoms with Crippen LogP contribution in [0.15, 0.2) is 24.3 Å². The van der Waals surface area contributed by atoms with Crippen LogP contribution in [0.1, 0.15) is 37.6 Å². The van der Waals surface area contributed by atoms with Gasteiger partial charge in [0, 0.05) is 26.3 Å². The first-order valence-corrected chi connectivity index (χ1v) is 10.5. The van der Waals surface area contributed by atoms with Gasteiger partial charge in [-0.1, -0.05) is 12.1 Å². The lowest BCUT2D eigenvalue weighted by molar-refractivity contribution is -0.166. The molecule has 3 rings (SSSR count). The number of hydrogen-bond acceptors (Lipinski definition) is 12. The van der Waals surface area contributed by atoms with E-state index in [1.165, 1.54) is 39.7 Å². The number of nitrogens with zero attached hydrogens (tertiary/aromatic N) is 3. The Balaban J connectivity index is 2.13. The first kappa shape index (κ1) is 25.6. The molecule has 1 saturated heterocycles. The van der Waals surface area contributed by atoms with Crippen LogP contribution >= 0.6 is 0 Å². The Kier molecular flexibility index (Phi) is 8.02. The highest BCUT2D eigenvalue weighted by atomic mass is 16.7. The monoisotopic (exact) mass is 491 g/mol. The Morgan fingerprint density at radius 2 is 1.69 bits per heavy atom. The Bertz CT molecular complexity index is 1110. The lowest BCUT2D eigenvalue weighted by Crippen LogP contribution is -2.40. The van der Waals surface area contributed by atoms with Crippen LogP contribution in [0.25, 0.3) is 11.4 Å². The minimum Gasteiger partial charge on any atom is -0.497 e. The Morgan fingerprint density at radius 3 is 2.29 bits per heavy atom. The number of ether oxygens (including phenoxy) is 6. The quantitative estimate of drug-likeness (QED) is 0.383. The number of rotatable bonds is 8. The summed E-state index contributed by atoms with van der Waals surface area (Å²) in [5.41, 5.74) is 0.490. The first-order chi connectivity index (χ1) is 16.6. The summed E-state index contributed by atoms with van der Waals surface area (Å²) in [6, 6.07) is 6.76. The summed E-state index contributed by atoms with van der Waals surface area (Å²) in [5.74, 6) is -2.40. The van der Waals surface area contributed by atoms with E-state index in [2.05, 4.69) is 10.1 Å². The van der Waals surface area contributed by atoms with Crippen LogP contribution in [0.4, 0.5) is 0 Å². The summed E-state index contributed by atoms with van der Waals surface area (Å²) in [6.07, 6.45) is -4.59. The largest absolute Gasteiger partial charge is 0.497 e. The van der Waals surface area contributed by atoms with Gasteiger partial charge in [0.1, 0.15) is 18.5 Å². The summed E-state index contributed by atoms with van der Waals surface area (Å²) in [5, 5.41) is 4.22. The maximum atomic E-state index is 12.2. The zero-order chi connectivity index (χ0) is 25.7. The number of methoxy groups -OCH3 is 2. The van der Waals surface area contributed by atoms with Gasteiger partial charge in [0.25, 0.3) is 5.82 Å². The van der Waals surface area contributed by atoms with Crippen molar-refractivity contribution in [1.82, 2.24) is 14.8 Å².